The number of amides is 1. The molecule has 6 nitrogen and oxygen atoms in total. The quantitative estimate of drug-likeness (QED) is 0.833. The predicted molar refractivity (Wildman–Crippen MR) is 57.3 cm³/mol. The Morgan fingerprint density at radius 3 is 3.00 bits per heavy atom. The van der Waals surface area contributed by atoms with Crippen LogP contribution in [-0.2, 0) is 16.0 Å². The first-order valence-electron chi connectivity index (χ1n) is 5.51. The molecule has 1 aliphatic heterocycles. The fourth-order valence-electron chi connectivity index (χ4n) is 2.04. The van der Waals surface area contributed by atoms with Gasteiger partial charge in [-0.25, -0.2) is 9.78 Å². The number of likely N-dealkylation sites (tertiary alicyclic amines) is 1. The van der Waals surface area contributed by atoms with Crippen molar-refractivity contribution in [2.24, 2.45) is 0 Å². The number of hydrogen-bond acceptors (Lipinski definition) is 4. The molecule has 17 heavy (non-hydrogen) atoms. The van der Waals surface area contributed by atoms with E-state index in [1.54, 1.807) is 13.1 Å². The van der Waals surface area contributed by atoms with Crippen molar-refractivity contribution in [2.45, 2.75) is 32.2 Å². The van der Waals surface area contributed by atoms with E-state index in [4.69, 9.17) is 9.52 Å². The maximum atomic E-state index is 11.9. The number of carbonyl (C=O) groups is 2. The summed E-state index contributed by atoms with van der Waals surface area (Å²) < 4.78 is 5.20. The van der Waals surface area contributed by atoms with Crippen molar-refractivity contribution < 1.29 is 19.1 Å². The Morgan fingerprint density at radius 2 is 2.41 bits per heavy atom. The summed E-state index contributed by atoms with van der Waals surface area (Å²) in [4.78, 5) is 28.2. The molecule has 0 aliphatic carbocycles. The molecule has 1 saturated heterocycles. The fourth-order valence-corrected chi connectivity index (χ4v) is 2.04. The van der Waals surface area contributed by atoms with E-state index in [9.17, 15) is 9.59 Å². The van der Waals surface area contributed by atoms with Gasteiger partial charge >= 0.3 is 5.97 Å². The van der Waals surface area contributed by atoms with Crippen LogP contribution < -0.4 is 0 Å². The molecule has 92 valence electrons. The van der Waals surface area contributed by atoms with Crippen molar-refractivity contribution in [3.8, 4) is 0 Å². The van der Waals surface area contributed by atoms with E-state index >= 15 is 0 Å². The first-order chi connectivity index (χ1) is 8.08. The van der Waals surface area contributed by atoms with Crippen LogP contribution in [0, 0.1) is 6.92 Å². The largest absolute Gasteiger partial charge is 0.480 e. The molecule has 1 N–H and O–H groups in total. The van der Waals surface area contributed by atoms with Gasteiger partial charge in [-0.05, 0) is 19.8 Å². The van der Waals surface area contributed by atoms with Crippen LogP contribution in [0.2, 0.25) is 0 Å². The molecule has 2 rings (SSSR count). The van der Waals surface area contributed by atoms with E-state index in [1.807, 2.05) is 0 Å². The van der Waals surface area contributed by atoms with Crippen molar-refractivity contribution in [2.75, 3.05) is 6.54 Å². The van der Waals surface area contributed by atoms with E-state index in [0.29, 0.717) is 24.6 Å². The van der Waals surface area contributed by atoms with Gasteiger partial charge < -0.3 is 14.4 Å². The minimum absolute atomic E-state index is 0.0254. The minimum Gasteiger partial charge on any atom is -0.480 e. The van der Waals surface area contributed by atoms with E-state index in [-0.39, 0.29) is 12.3 Å². The van der Waals surface area contributed by atoms with Gasteiger partial charge in [-0.15, -0.1) is 0 Å². The van der Waals surface area contributed by atoms with Gasteiger partial charge in [-0.2, -0.15) is 0 Å². The smallest absolute Gasteiger partial charge is 0.326 e. The molecule has 0 bridgehead atoms. The zero-order chi connectivity index (χ0) is 12.4. The lowest BCUT2D eigenvalue weighted by Crippen LogP contribution is -2.41. The molecule has 2 heterocycles. The molecule has 1 aromatic rings. The van der Waals surface area contributed by atoms with Crippen LogP contribution >= 0.6 is 0 Å². The average molecular weight is 238 g/mol. The van der Waals surface area contributed by atoms with Crippen LogP contribution in [0.3, 0.4) is 0 Å². The topological polar surface area (TPSA) is 83.6 Å². The van der Waals surface area contributed by atoms with Gasteiger partial charge in [0.25, 0.3) is 0 Å². The number of aromatic nitrogens is 1. The molecule has 0 unspecified atom stereocenters. The van der Waals surface area contributed by atoms with Crippen LogP contribution in [0.1, 0.15) is 24.5 Å². The second-order valence-corrected chi connectivity index (χ2v) is 4.12. The highest BCUT2D eigenvalue weighted by molar-refractivity contribution is 5.85. The molecule has 6 heteroatoms. The molecule has 1 amide bonds. The Balaban J connectivity index is 2.02. The lowest BCUT2D eigenvalue weighted by Gasteiger charge is -2.20. The molecular weight excluding hydrogens is 224 g/mol. The van der Waals surface area contributed by atoms with Crippen LogP contribution in [0.4, 0.5) is 0 Å². The van der Waals surface area contributed by atoms with Gasteiger partial charge in [0, 0.05) is 6.54 Å². The minimum atomic E-state index is -0.945. The zero-order valence-electron chi connectivity index (χ0n) is 9.55. The number of carboxylic acid groups (broad SMARTS) is 1. The number of oxazole rings is 1. The van der Waals surface area contributed by atoms with Gasteiger partial charge in [-0.1, -0.05) is 0 Å². The van der Waals surface area contributed by atoms with E-state index in [2.05, 4.69) is 4.98 Å². The Morgan fingerprint density at radius 1 is 1.65 bits per heavy atom. The van der Waals surface area contributed by atoms with Crippen molar-refractivity contribution in [1.29, 1.82) is 0 Å². The van der Waals surface area contributed by atoms with Gasteiger partial charge in [0.05, 0.1) is 6.20 Å². The molecule has 0 saturated carbocycles. The number of hydrogen-bond donors (Lipinski definition) is 1. The summed E-state index contributed by atoms with van der Waals surface area (Å²) in [6.45, 7) is 2.24. The highest BCUT2D eigenvalue weighted by Gasteiger charge is 2.34. The number of aryl methyl sites for hydroxylation is 1. The highest BCUT2D eigenvalue weighted by atomic mass is 16.4. The van der Waals surface area contributed by atoms with Crippen molar-refractivity contribution in [3.63, 3.8) is 0 Å². The summed E-state index contributed by atoms with van der Waals surface area (Å²) in [6.07, 6.45) is 2.82. The summed E-state index contributed by atoms with van der Waals surface area (Å²) in [5, 5.41) is 8.97. The van der Waals surface area contributed by atoms with E-state index in [0.717, 1.165) is 6.42 Å². The van der Waals surface area contributed by atoms with Gasteiger partial charge in [0.15, 0.2) is 0 Å². The molecule has 1 atom stereocenters. The first kappa shape index (κ1) is 11.6. The lowest BCUT2D eigenvalue weighted by molar-refractivity contribution is -0.148. The molecule has 1 aliphatic rings. The molecule has 1 fully saturated rings. The summed E-state index contributed by atoms with van der Waals surface area (Å²) in [5.74, 6) is -0.205. The van der Waals surface area contributed by atoms with Gasteiger partial charge in [0.1, 0.15) is 18.2 Å². The lowest BCUT2D eigenvalue weighted by atomic mass is 10.2. The summed E-state index contributed by atoms with van der Waals surface area (Å²) in [6, 6.07) is -0.696. The molecule has 0 spiro atoms. The van der Waals surface area contributed by atoms with Crippen LogP contribution in [0.25, 0.3) is 0 Å². The third-order valence-electron chi connectivity index (χ3n) is 2.83. The van der Waals surface area contributed by atoms with E-state index in [1.165, 1.54) is 4.90 Å². The Bertz CT molecular complexity index is 440. The summed E-state index contributed by atoms with van der Waals surface area (Å²) >= 11 is 0. The molecule has 0 radical (unpaired) electrons. The summed E-state index contributed by atoms with van der Waals surface area (Å²) in [7, 11) is 0. The number of nitrogens with zero attached hydrogens (tertiary/aromatic N) is 2. The Kier molecular flexibility index (Phi) is 3.12. The number of carbonyl (C=O) groups excluding carboxylic acids is 1. The first-order valence-corrected chi connectivity index (χ1v) is 5.51. The van der Waals surface area contributed by atoms with Crippen molar-refractivity contribution >= 4 is 11.9 Å². The monoisotopic (exact) mass is 238 g/mol. The van der Waals surface area contributed by atoms with Crippen LogP contribution in [-0.4, -0.2) is 39.5 Å². The van der Waals surface area contributed by atoms with Gasteiger partial charge in [0.2, 0.25) is 11.8 Å². The molecular formula is C11H14N2O4. The average Bonchev–Trinajstić information content (AvgIpc) is 2.86. The molecule has 0 aromatic carbocycles. The maximum absolute atomic E-state index is 11.9. The second-order valence-electron chi connectivity index (χ2n) is 4.12. The normalized spacial score (nSPS) is 19.6. The summed E-state index contributed by atoms with van der Waals surface area (Å²) in [5.41, 5.74) is 0. The third kappa shape index (κ3) is 2.46. The van der Waals surface area contributed by atoms with Gasteiger partial charge in [-0.3, -0.25) is 4.79 Å². The fraction of sp³-hybridized carbons (Fsp3) is 0.545. The van der Waals surface area contributed by atoms with Crippen molar-refractivity contribution in [3.05, 3.63) is 17.8 Å². The SMILES string of the molecule is Cc1cnc(CC(=O)N2CCC[C@H]2C(=O)O)o1. The maximum Gasteiger partial charge on any atom is 0.326 e. The number of carboxylic acids is 1. The Hall–Kier alpha value is -1.85. The van der Waals surface area contributed by atoms with Crippen molar-refractivity contribution in [1.82, 2.24) is 9.88 Å². The van der Waals surface area contributed by atoms with Crippen LogP contribution in [0.5, 0.6) is 0 Å². The highest BCUT2D eigenvalue weighted by Crippen LogP contribution is 2.18. The van der Waals surface area contributed by atoms with E-state index < -0.39 is 12.0 Å². The predicted octanol–water partition coefficient (Wildman–Crippen LogP) is 0.601. The standard InChI is InChI=1S/C11H14N2O4/c1-7-6-12-9(17-7)5-10(14)13-4-2-3-8(13)11(15)16/h6,8H,2-5H2,1H3,(H,15,16)/t8-/m0/s1. The van der Waals surface area contributed by atoms with Crippen LogP contribution in [0.15, 0.2) is 10.6 Å². The number of aliphatic carboxylic acids is 1. The second kappa shape index (κ2) is 4.57. The zero-order valence-corrected chi connectivity index (χ0v) is 9.55. The third-order valence-corrected chi connectivity index (χ3v) is 2.83. The molecule has 1 aromatic heterocycles. The Labute approximate surface area is 98.2 Å². The number of rotatable bonds is 3.